The molecule has 2 aliphatic rings. The molecule has 2 fully saturated rings. The number of aromatic nitrogens is 1. The summed E-state index contributed by atoms with van der Waals surface area (Å²) in [5, 5.41) is 5.74. The molecule has 2 aromatic rings. The third-order valence-corrected chi connectivity index (χ3v) is 4.82. The van der Waals surface area contributed by atoms with Gasteiger partial charge in [0, 0.05) is 25.0 Å². The molecule has 2 heterocycles. The number of pyridine rings is 1. The predicted molar refractivity (Wildman–Crippen MR) is 95.4 cm³/mol. The highest BCUT2D eigenvalue weighted by Crippen LogP contribution is 2.40. The Morgan fingerprint density at radius 1 is 1.20 bits per heavy atom. The third-order valence-electron chi connectivity index (χ3n) is 4.82. The van der Waals surface area contributed by atoms with Crippen LogP contribution in [0.25, 0.3) is 0 Å². The van der Waals surface area contributed by atoms with Crippen LogP contribution in [0, 0.1) is 5.82 Å². The van der Waals surface area contributed by atoms with Crippen molar-refractivity contribution in [3.8, 4) is 0 Å². The molecule has 6 heteroatoms. The number of carbonyl (C=O) groups is 1. The van der Waals surface area contributed by atoms with Gasteiger partial charge >= 0.3 is 6.03 Å². The van der Waals surface area contributed by atoms with Crippen LogP contribution in [0.2, 0.25) is 0 Å². The fourth-order valence-corrected chi connectivity index (χ4v) is 3.39. The van der Waals surface area contributed by atoms with Crippen molar-refractivity contribution in [2.75, 3.05) is 23.3 Å². The zero-order chi connectivity index (χ0) is 17.2. The van der Waals surface area contributed by atoms with Gasteiger partial charge in [-0.05, 0) is 49.1 Å². The number of hydrogen-bond donors (Lipinski definition) is 2. The highest BCUT2D eigenvalue weighted by Gasteiger charge is 2.39. The van der Waals surface area contributed by atoms with Crippen molar-refractivity contribution in [2.45, 2.75) is 31.2 Å². The van der Waals surface area contributed by atoms with Crippen LogP contribution in [0.15, 0.2) is 42.6 Å². The van der Waals surface area contributed by atoms with E-state index in [1.165, 1.54) is 25.0 Å². The normalized spacial score (nSPS) is 21.9. The van der Waals surface area contributed by atoms with Crippen LogP contribution in [0.5, 0.6) is 0 Å². The molecular weight excluding hydrogens is 319 g/mol. The summed E-state index contributed by atoms with van der Waals surface area (Å²) < 4.78 is 13.3. The molecule has 1 aromatic carbocycles. The first-order valence-electron chi connectivity index (χ1n) is 8.73. The van der Waals surface area contributed by atoms with Gasteiger partial charge in [-0.2, -0.15) is 0 Å². The average molecular weight is 340 g/mol. The lowest BCUT2D eigenvalue weighted by molar-refractivity contribution is 0.251. The van der Waals surface area contributed by atoms with Crippen LogP contribution in [-0.4, -0.2) is 30.1 Å². The molecule has 1 aliphatic heterocycles. The van der Waals surface area contributed by atoms with Crippen molar-refractivity contribution in [1.82, 2.24) is 10.3 Å². The summed E-state index contributed by atoms with van der Waals surface area (Å²) in [6.45, 7) is 2.09. The number of nitrogens with one attached hydrogen (secondary N) is 2. The fraction of sp³-hybridized carbons (Fsp3) is 0.368. The van der Waals surface area contributed by atoms with Crippen molar-refractivity contribution in [3.05, 3.63) is 54.0 Å². The average Bonchev–Trinajstić information content (AvgIpc) is 3.15. The maximum absolute atomic E-state index is 13.3. The molecule has 2 unspecified atom stereocenters. The molecule has 2 amide bonds. The van der Waals surface area contributed by atoms with E-state index in [1.807, 2.05) is 18.2 Å². The minimum Gasteiger partial charge on any atom is -0.357 e. The summed E-state index contributed by atoms with van der Waals surface area (Å²) in [7, 11) is 0. The van der Waals surface area contributed by atoms with Crippen molar-refractivity contribution in [1.29, 1.82) is 0 Å². The minimum atomic E-state index is -0.250. The van der Waals surface area contributed by atoms with Gasteiger partial charge in [0.25, 0.3) is 0 Å². The summed E-state index contributed by atoms with van der Waals surface area (Å²) in [4.78, 5) is 18.8. The lowest BCUT2D eigenvalue weighted by Gasteiger charge is -2.16. The SMILES string of the molecule is O=C(Nc1ccc(N2CCCC2)nc1)NC1CC1c1cccc(F)c1. The number of carbonyl (C=O) groups excluding carboxylic acids is 1. The van der Waals surface area contributed by atoms with E-state index in [1.54, 1.807) is 12.3 Å². The Hall–Kier alpha value is -2.63. The molecular formula is C19H21FN4O. The molecule has 130 valence electrons. The molecule has 25 heavy (non-hydrogen) atoms. The number of anilines is 2. The molecule has 5 nitrogen and oxygen atoms in total. The zero-order valence-corrected chi connectivity index (χ0v) is 13.9. The largest absolute Gasteiger partial charge is 0.357 e. The minimum absolute atomic E-state index is 0.0543. The molecule has 1 saturated heterocycles. The molecule has 1 saturated carbocycles. The maximum atomic E-state index is 13.3. The van der Waals surface area contributed by atoms with E-state index >= 15 is 0 Å². The summed E-state index contributed by atoms with van der Waals surface area (Å²) >= 11 is 0. The topological polar surface area (TPSA) is 57.3 Å². The van der Waals surface area contributed by atoms with Crippen LogP contribution < -0.4 is 15.5 Å². The smallest absolute Gasteiger partial charge is 0.319 e. The lowest BCUT2D eigenvalue weighted by atomic mass is 10.1. The molecule has 0 spiro atoms. The van der Waals surface area contributed by atoms with Crippen molar-refractivity contribution in [2.24, 2.45) is 0 Å². The highest BCUT2D eigenvalue weighted by molar-refractivity contribution is 5.89. The Morgan fingerprint density at radius 3 is 2.76 bits per heavy atom. The maximum Gasteiger partial charge on any atom is 0.319 e. The van der Waals surface area contributed by atoms with Crippen LogP contribution in [0.3, 0.4) is 0 Å². The van der Waals surface area contributed by atoms with Gasteiger partial charge in [-0.3, -0.25) is 0 Å². The Kier molecular flexibility index (Phi) is 4.26. The summed E-state index contributed by atoms with van der Waals surface area (Å²) in [5.74, 6) is 0.908. The first-order valence-corrected chi connectivity index (χ1v) is 8.73. The van der Waals surface area contributed by atoms with Gasteiger partial charge in [0.15, 0.2) is 0 Å². The van der Waals surface area contributed by atoms with Crippen LogP contribution in [0.4, 0.5) is 20.7 Å². The van der Waals surface area contributed by atoms with E-state index < -0.39 is 0 Å². The Morgan fingerprint density at radius 2 is 2.04 bits per heavy atom. The first-order chi connectivity index (χ1) is 12.2. The van der Waals surface area contributed by atoms with Crippen LogP contribution in [-0.2, 0) is 0 Å². The van der Waals surface area contributed by atoms with Crippen LogP contribution >= 0.6 is 0 Å². The Balaban J connectivity index is 1.29. The van der Waals surface area contributed by atoms with Gasteiger partial charge in [0.1, 0.15) is 11.6 Å². The van der Waals surface area contributed by atoms with Crippen molar-refractivity contribution < 1.29 is 9.18 Å². The lowest BCUT2D eigenvalue weighted by Crippen LogP contribution is -2.31. The number of urea groups is 1. The van der Waals surface area contributed by atoms with Crippen LogP contribution in [0.1, 0.15) is 30.7 Å². The van der Waals surface area contributed by atoms with Gasteiger partial charge in [0.05, 0.1) is 11.9 Å². The summed E-state index contributed by atoms with van der Waals surface area (Å²) in [6.07, 6.45) is 4.93. The number of amides is 2. The standard InChI is InChI=1S/C19H21FN4O/c20-14-5-3-4-13(10-14)16-11-17(16)23-19(25)22-15-6-7-18(21-12-15)24-8-1-2-9-24/h3-7,10,12,16-17H,1-2,8-9,11H2,(H2,22,23,25). The quantitative estimate of drug-likeness (QED) is 0.896. The monoisotopic (exact) mass is 340 g/mol. The number of benzene rings is 1. The summed E-state index contributed by atoms with van der Waals surface area (Å²) in [5.41, 5.74) is 1.60. The van der Waals surface area contributed by atoms with E-state index in [-0.39, 0.29) is 23.8 Å². The third kappa shape index (κ3) is 3.73. The van der Waals surface area contributed by atoms with E-state index in [9.17, 15) is 9.18 Å². The van der Waals surface area contributed by atoms with Crippen molar-refractivity contribution >= 4 is 17.5 Å². The van der Waals surface area contributed by atoms with E-state index in [0.717, 1.165) is 30.9 Å². The molecule has 1 aromatic heterocycles. The second-order valence-corrected chi connectivity index (χ2v) is 6.70. The van der Waals surface area contributed by atoms with Gasteiger partial charge < -0.3 is 15.5 Å². The predicted octanol–water partition coefficient (Wildman–Crippen LogP) is 3.50. The van der Waals surface area contributed by atoms with Gasteiger partial charge in [0.2, 0.25) is 0 Å². The fourth-order valence-electron chi connectivity index (χ4n) is 3.39. The summed E-state index contributed by atoms with van der Waals surface area (Å²) in [6, 6.07) is 10.2. The molecule has 0 radical (unpaired) electrons. The van der Waals surface area contributed by atoms with E-state index in [2.05, 4.69) is 20.5 Å². The van der Waals surface area contributed by atoms with Gasteiger partial charge in [-0.25, -0.2) is 14.2 Å². The Labute approximate surface area is 146 Å². The van der Waals surface area contributed by atoms with E-state index in [4.69, 9.17) is 0 Å². The molecule has 0 bridgehead atoms. The second kappa shape index (κ2) is 6.70. The Bertz CT molecular complexity index is 758. The number of nitrogens with zero attached hydrogens (tertiary/aromatic N) is 2. The molecule has 1 aliphatic carbocycles. The van der Waals surface area contributed by atoms with Crippen molar-refractivity contribution in [3.63, 3.8) is 0 Å². The van der Waals surface area contributed by atoms with Gasteiger partial charge in [-0.1, -0.05) is 12.1 Å². The first kappa shape index (κ1) is 15.9. The molecule has 4 rings (SSSR count). The second-order valence-electron chi connectivity index (χ2n) is 6.70. The van der Waals surface area contributed by atoms with Gasteiger partial charge in [-0.15, -0.1) is 0 Å². The number of hydrogen-bond acceptors (Lipinski definition) is 3. The highest BCUT2D eigenvalue weighted by atomic mass is 19.1. The molecule has 2 N–H and O–H groups in total. The zero-order valence-electron chi connectivity index (χ0n) is 13.9. The van der Waals surface area contributed by atoms with E-state index in [0.29, 0.717) is 5.69 Å². The number of rotatable bonds is 4. The number of halogens is 1. The molecule has 2 atom stereocenters.